The van der Waals surface area contributed by atoms with Crippen molar-refractivity contribution in [1.82, 2.24) is 4.90 Å². The van der Waals surface area contributed by atoms with E-state index < -0.39 is 0 Å². The van der Waals surface area contributed by atoms with Gasteiger partial charge in [0.1, 0.15) is 0 Å². The molecule has 0 spiro atoms. The van der Waals surface area contributed by atoms with Crippen molar-refractivity contribution in [2.24, 2.45) is 5.73 Å². The largest absolute Gasteiger partial charge is 0.328 e. The highest BCUT2D eigenvalue weighted by Crippen LogP contribution is 2.24. The van der Waals surface area contributed by atoms with Crippen LogP contribution in [-0.2, 0) is 6.54 Å². The lowest BCUT2D eigenvalue weighted by Crippen LogP contribution is -2.42. The summed E-state index contributed by atoms with van der Waals surface area (Å²) >= 11 is 1.86. The molecule has 1 aliphatic carbocycles. The Morgan fingerprint density at radius 2 is 2.38 bits per heavy atom. The average molecular weight is 238 g/mol. The fourth-order valence-corrected chi connectivity index (χ4v) is 3.36. The van der Waals surface area contributed by atoms with Gasteiger partial charge < -0.3 is 5.73 Å². The van der Waals surface area contributed by atoms with E-state index in [4.69, 9.17) is 5.73 Å². The zero-order chi connectivity index (χ0) is 11.4. The van der Waals surface area contributed by atoms with Crippen LogP contribution in [0, 0.1) is 0 Å². The van der Waals surface area contributed by atoms with Gasteiger partial charge in [0, 0.05) is 23.5 Å². The van der Waals surface area contributed by atoms with Crippen LogP contribution in [0.5, 0.6) is 0 Å². The standard InChI is InChI=1S/C13H22N2S/c1-2-15(10-13-7-4-8-16-13)12-6-3-5-11(14)9-12/h4,7-8,11-12H,2-3,5-6,9-10,14H2,1H3. The van der Waals surface area contributed by atoms with Crippen molar-refractivity contribution >= 4 is 11.3 Å². The number of thiophene rings is 1. The molecule has 1 heterocycles. The molecule has 0 saturated heterocycles. The van der Waals surface area contributed by atoms with E-state index in [0.29, 0.717) is 12.1 Å². The quantitative estimate of drug-likeness (QED) is 0.874. The van der Waals surface area contributed by atoms with Gasteiger partial charge in [-0.1, -0.05) is 19.4 Å². The normalized spacial score (nSPS) is 26.2. The predicted molar refractivity (Wildman–Crippen MR) is 70.6 cm³/mol. The van der Waals surface area contributed by atoms with Crippen LogP contribution in [0.15, 0.2) is 17.5 Å². The summed E-state index contributed by atoms with van der Waals surface area (Å²) in [7, 11) is 0. The number of nitrogens with two attached hydrogens (primary N) is 1. The van der Waals surface area contributed by atoms with Crippen LogP contribution in [0.25, 0.3) is 0 Å². The Labute approximate surface area is 102 Å². The number of rotatable bonds is 4. The molecular weight excluding hydrogens is 216 g/mol. The first-order chi connectivity index (χ1) is 7.79. The summed E-state index contributed by atoms with van der Waals surface area (Å²) < 4.78 is 0. The summed E-state index contributed by atoms with van der Waals surface area (Å²) in [6.07, 6.45) is 5.02. The molecule has 16 heavy (non-hydrogen) atoms. The van der Waals surface area contributed by atoms with Gasteiger partial charge in [-0.15, -0.1) is 11.3 Å². The molecule has 3 heteroatoms. The first-order valence-corrected chi connectivity index (χ1v) is 7.19. The molecule has 2 unspecified atom stereocenters. The molecule has 2 nitrogen and oxygen atoms in total. The molecule has 2 atom stereocenters. The Morgan fingerprint density at radius 3 is 3.00 bits per heavy atom. The van der Waals surface area contributed by atoms with Gasteiger partial charge in [-0.05, 0) is 37.3 Å². The number of hydrogen-bond donors (Lipinski definition) is 1. The average Bonchev–Trinajstić information content (AvgIpc) is 2.78. The van der Waals surface area contributed by atoms with Crippen LogP contribution in [0.4, 0.5) is 0 Å². The van der Waals surface area contributed by atoms with Crippen LogP contribution in [0.1, 0.15) is 37.5 Å². The maximum absolute atomic E-state index is 6.07. The fourth-order valence-electron chi connectivity index (χ4n) is 2.63. The Kier molecular flexibility index (Phi) is 4.38. The molecule has 0 bridgehead atoms. The second-order valence-electron chi connectivity index (χ2n) is 4.72. The summed E-state index contributed by atoms with van der Waals surface area (Å²) in [5.74, 6) is 0. The molecule has 2 rings (SSSR count). The lowest BCUT2D eigenvalue weighted by atomic mass is 9.90. The van der Waals surface area contributed by atoms with Gasteiger partial charge in [-0.2, -0.15) is 0 Å². The highest BCUT2D eigenvalue weighted by Gasteiger charge is 2.24. The van der Waals surface area contributed by atoms with Crippen molar-refractivity contribution in [3.63, 3.8) is 0 Å². The highest BCUT2D eigenvalue weighted by atomic mass is 32.1. The summed E-state index contributed by atoms with van der Waals surface area (Å²) in [6, 6.07) is 5.50. The minimum Gasteiger partial charge on any atom is -0.328 e. The number of hydrogen-bond acceptors (Lipinski definition) is 3. The zero-order valence-corrected chi connectivity index (χ0v) is 10.9. The van der Waals surface area contributed by atoms with Crippen molar-refractivity contribution in [3.05, 3.63) is 22.4 Å². The molecule has 2 N–H and O–H groups in total. The van der Waals surface area contributed by atoms with Crippen molar-refractivity contribution in [2.75, 3.05) is 6.54 Å². The van der Waals surface area contributed by atoms with Crippen molar-refractivity contribution in [1.29, 1.82) is 0 Å². The van der Waals surface area contributed by atoms with Crippen LogP contribution < -0.4 is 5.73 Å². The molecule has 0 radical (unpaired) electrons. The van der Waals surface area contributed by atoms with Gasteiger partial charge in [-0.3, -0.25) is 4.90 Å². The van der Waals surface area contributed by atoms with E-state index in [-0.39, 0.29) is 0 Å². The molecule has 0 aromatic carbocycles. The summed E-state index contributed by atoms with van der Waals surface area (Å²) in [4.78, 5) is 4.06. The van der Waals surface area contributed by atoms with Gasteiger partial charge in [0.2, 0.25) is 0 Å². The van der Waals surface area contributed by atoms with E-state index in [1.807, 2.05) is 11.3 Å². The van der Waals surface area contributed by atoms with Crippen molar-refractivity contribution in [3.8, 4) is 0 Å². The van der Waals surface area contributed by atoms with Gasteiger partial charge in [0.25, 0.3) is 0 Å². The Bertz CT molecular complexity index is 297. The molecule has 90 valence electrons. The van der Waals surface area contributed by atoms with Gasteiger partial charge in [-0.25, -0.2) is 0 Å². The van der Waals surface area contributed by atoms with E-state index in [9.17, 15) is 0 Å². The maximum atomic E-state index is 6.07. The first-order valence-electron chi connectivity index (χ1n) is 6.31. The number of nitrogens with zero attached hydrogens (tertiary/aromatic N) is 1. The van der Waals surface area contributed by atoms with Crippen LogP contribution in [0.3, 0.4) is 0 Å². The third-order valence-corrected chi connectivity index (χ3v) is 4.41. The van der Waals surface area contributed by atoms with E-state index in [2.05, 4.69) is 29.3 Å². The van der Waals surface area contributed by atoms with Crippen LogP contribution in [-0.4, -0.2) is 23.5 Å². The van der Waals surface area contributed by atoms with Crippen molar-refractivity contribution < 1.29 is 0 Å². The van der Waals surface area contributed by atoms with Crippen molar-refractivity contribution in [2.45, 2.75) is 51.2 Å². The third-order valence-electron chi connectivity index (χ3n) is 3.55. The van der Waals surface area contributed by atoms with Gasteiger partial charge in [0.15, 0.2) is 0 Å². The predicted octanol–water partition coefficient (Wildman–Crippen LogP) is 2.84. The first kappa shape index (κ1) is 12.1. The minimum atomic E-state index is 0.427. The van der Waals surface area contributed by atoms with E-state index in [0.717, 1.165) is 13.1 Å². The fraction of sp³-hybridized carbons (Fsp3) is 0.692. The lowest BCUT2D eigenvalue weighted by molar-refractivity contribution is 0.148. The molecule has 1 saturated carbocycles. The van der Waals surface area contributed by atoms with Crippen LogP contribution in [0.2, 0.25) is 0 Å². The summed E-state index contributed by atoms with van der Waals surface area (Å²) in [5.41, 5.74) is 6.07. The molecular formula is C13H22N2S. The van der Waals surface area contributed by atoms with Crippen LogP contribution >= 0.6 is 11.3 Å². The summed E-state index contributed by atoms with van der Waals surface area (Å²) in [6.45, 7) is 4.49. The molecule has 0 amide bonds. The maximum Gasteiger partial charge on any atom is 0.0330 e. The second kappa shape index (κ2) is 5.80. The zero-order valence-electron chi connectivity index (χ0n) is 10.1. The molecule has 1 aromatic rings. The summed E-state index contributed by atoms with van der Waals surface area (Å²) in [5, 5.41) is 2.16. The SMILES string of the molecule is CCN(Cc1cccs1)C1CCCC(N)C1. The molecule has 1 aliphatic rings. The Morgan fingerprint density at radius 1 is 1.50 bits per heavy atom. The van der Waals surface area contributed by atoms with E-state index in [1.165, 1.54) is 30.6 Å². The third kappa shape index (κ3) is 3.06. The second-order valence-corrected chi connectivity index (χ2v) is 5.76. The van der Waals surface area contributed by atoms with Gasteiger partial charge >= 0.3 is 0 Å². The topological polar surface area (TPSA) is 29.3 Å². The Hall–Kier alpha value is -0.380. The molecule has 1 fully saturated rings. The van der Waals surface area contributed by atoms with E-state index in [1.54, 1.807) is 0 Å². The Balaban J connectivity index is 1.93. The molecule has 1 aromatic heterocycles. The monoisotopic (exact) mass is 238 g/mol. The smallest absolute Gasteiger partial charge is 0.0330 e. The lowest BCUT2D eigenvalue weighted by Gasteiger charge is -2.35. The van der Waals surface area contributed by atoms with Gasteiger partial charge in [0.05, 0.1) is 0 Å². The molecule has 0 aliphatic heterocycles. The highest BCUT2D eigenvalue weighted by molar-refractivity contribution is 7.09. The minimum absolute atomic E-state index is 0.427. The van der Waals surface area contributed by atoms with E-state index >= 15 is 0 Å².